The number of ether oxygens (including phenoxy) is 1. The molecule has 6 nitrogen and oxygen atoms in total. The zero-order valence-corrected chi connectivity index (χ0v) is 16.5. The summed E-state index contributed by atoms with van der Waals surface area (Å²) in [5, 5.41) is 0. The molecule has 1 aliphatic rings. The van der Waals surface area contributed by atoms with E-state index in [-0.39, 0.29) is 38.4 Å². The summed E-state index contributed by atoms with van der Waals surface area (Å²) in [4.78, 5) is 12.5. The predicted octanol–water partition coefficient (Wildman–Crippen LogP) is 3.94. The van der Waals surface area contributed by atoms with Crippen molar-refractivity contribution < 1.29 is 44.6 Å². The molecule has 0 radical (unpaired) electrons. The highest BCUT2D eigenvalue weighted by Crippen LogP contribution is 2.36. The second kappa shape index (κ2) is 9.41. The van der Waals surface area contributed by atoms with Crippen LogP contribution in [-0.2, 0) is 16.0 Å². The topological polar surface area (TPSA) is 72.9 Å². The maximum atomic E-state index is 12.5. The monoisotopic (exact) mass is 461 g/mol. The van der Waals surface area contributed by atoms with Crippen molar-refractivity contribution in [2.75, 3.05) is 23.9 Å². The van der Waals surface area contributed by atoms with Crippen LogP contribution < -0.4 is 4.31 Å². The van der Waals surface area contributed by atoms with Gasteiger partial charge in [-0.2, -0.15) is 26.3 Å². The second-order valence-corrected chi connectivity index (χ2v) is 7.77. The summed E-state index contributed by atoms with van der Waals surface area (Å²) in [7, 11) is 0. The number of benzene rings is 1. The number of rotatable bonds is 5. The van der Waals surface area contributed by atoms with Crippen LogP contribution in [0, 0.1) is 12.8 Å². The van der Waals surface area contributed by atoms with E-state index in [1.165, 1.54) is 0 Å². The summed E-state index contributed by atoms with van der Waals surface area (Å²) < 4.78 is 103. The number of hydrogen-bond donors (Lipinski definition) is 0. The van der Waals surface area contributed by atoms with E-state index in [1.807, 2.05) is 0 Å². The molecule has 170 valence electrons. The minimum atomic E-state index is -5.78. The molecule has 1 saturated heterocycles. The predicted molar refractivity (Wildman–Crippen MR) is 94.1 cm³/mol. The van der Waals surface area contributed by atoms with E-state index in [1.54, 1.807) is 31.2 Å². The van der Waals surface area contributed by atoms with Gasteiger partial charge >= 0.3 is 18.4 Å². The van der Waals surface area contributed by atoms with Crippen molar-refractivity contribution in [2.45, 2.75) is 38.2 Å². The van der Waals surface area contributed by atoms with Gasteiger partial charge in [0.1, 0.15) is 0 Å². The van der Waals surface area contributed by atoms with Crippen molar-refractivity contribution in [3.63, 3.8) is 0 Å². The number of piperidine rings is 1. The molecular weight excluding hydrogens is 442 g/mol. The van der Waals surface area contributed by atoms with Crippen LogP contribution in [0.2, 0.25) is 0 Å². The fourth-order valence-corrected chi connectivity index (χ4v) is 3.68. The lowest BCUT2D eigenvalue weighted by atomic mass is 9.97. The number of likely N-dealkylation sites (tertiary alicyclic amines) is 1. The van der Waals surface area contributed by atoms with E-state index in [4.69, 9.17) is 0 Å². The summed E-state index contributed by atoms with van der Waals surface area (Å²) in [5.41, 5.74) is 1.27. The Balaban J connectivity index is 1.96. The van der Waals surface area contributed by atoms with Crippen LogP contribution in [-0.4, -0.2) is 57.8 Å². The van der Waals surface area contributed by atoms with Crippen molar-refractivity contribution in [1.29, 1.82) is 0 Å². The Bertz CT molecular complexity index is 751. The Morgan fingerprint density at radius 3 is 2.27 bits per heavy atom. The third kappa shape index (κ3) is 6.49. The molecule has 1 aromatic rings. The number of hydrogen-bond acceptors (Lipinski definition) is 4. The van der Waals surface area contributed by atoms with Crippen LogP contribution in [0.3, 0.4) is 0 Å². The van der Waals surface area contributed by atoms with Gasteiger partial charge in [0, 0.05) is 36.6 Å². The highest BCUT2D eigenvalue weighted by atomic mass is 32.2. The molecule has 0 saturated carbocycles. The number of amides is 1. The molecule has 0 aliphatic carbocycles. The molecule has 0 aromatic heterocycles. The Labute approximate surface area is 171 Å². The molecular formula is C17H19F6N2O4S-. The number of carbonyl (C=O) groups is 1. The lowest BCUT2D eigenvalue weighted by Crippen LogP contribution is -2.49. The van der Waals surface area contributed by atoms with Crippen molar-refractivity contribution in [3.05, 3.63) is 29.8 Å². The van der Waals surface area contributed by atoms with Gasteiger partial charge in [-0.15, -0.1) is 0 Å². The number of aryl methyl sites for hydroxylation is 1. The Morgan fingerprint density at radius 2 is 1.80 bits per heavy atom. The van der Waals surface area contributed by atoms with E-state index >= 15 is 0 Å². The largest absolute Gasteiger partial charge is 0.755 e. The van der Waals surface area contributed by atoms with Crippen LogP contribution in [0.5, 0.6) is 0 Å². The van der Waals surface area contributed by atoms with E-state index in [0.29, 0.717) is 5.69 Å². The molecule has 0 spiro atoms. The first-order chi connectivity index (χ1) is 13.8. The Morgan fingerprint density at radius 1 is 1.23 bits per heavy atom. The van der Waals surface area contributed by atoms with Crippen LogP contribution in [0.4, 0.5) is 36.8 Å². The standard InChI is InChI=1S/C17H20F6N2O4S/c1-11-3-2-4-13(9-11)25(30(27)28)10-12-5-7-24(8-6-12)15(26)29-14(16(18,19)20)17(21,22)23/h2-4,9,12,14H,5-8,10H2,1H3,(H,27,28)/p-1. The van der Waals surface area contributed by atoms with E-state index in [9.17, 15) is 39.9 Å². The first kappa shape index (κ1) is 24.3. The van der Waals surface area contributed by atoms with Gasteiger partial charge in [0.15, 0.2) is 0 Å². The molecule has 1 aliphatic heterocycles. The molecule has 1 aromatic carbocycles. The minimum absolute atomic E-state index is 0.0657. The van der Waals surface area contributed by atoms with Gasteiger partial charge in [0.25, 0.3) is 6.10 Å². The van der Waals surface area contributed by atoms with Gasteiger partial charge in [-0.25, -0.2) is 4.79 Å². The van der Waals surface area contributed by atoms with Gasteiger partial charge < -0.3 is 18.5 Å². The molecule has 2 rings (SSSR count). The average Bonchev–Trinajstić information content (AvgIpc) is 2.62. The highest BCUT2D eigenvalue weighted by molar-refractivity contribution is 7.80. The third-order valence-corrected chi connectivity index (χ3v) is 5.30. The SMILES string of the molecule is Cc1cccc(N(CC2CCN(C(=O)OC(C(F)(F)F)C(F)(F)F)CC2)S(=O)[O-])c1. The fourth-order valence-electron chi connectivity index (χ4n) is 3.06. The van der Waals surface area contributed by atoms with Gasteiger partial charge in [-0.1, -0.05) is 12.1 Å². The van der Waals surface area contributed by atoms with Gasteiger partial charge in [0.05, 0.1) is 0 Å². The number of alkyl halides is 6. The van der Waals surface area contributed by atoms with Crippen molar-refractivity contribution in [1.82, 2.24) is 4.90 Å². The van der Waals surface area contributed by atoms with Crippen LogP contribution >= 0.6 is 0 Å². The van der Waals surface area contributed by atoms with Gasteiger partial charge in [-0.05, 0) is 43.4 Å². The van der Waals surface area contributed by atoms with Crippen molar-refractivity contribution >= 4 is 23.0 Å². The first-order valence-corrected chi connectivity index (χ1v) is 9.84. The molecule has 1 amide bonds. The zero-order chi connectivity index (χ0) is 22.7. The number of nitrogens with zero attached hydrogens (tertiary/aromatic N) is 2. The molecule has 30 heavy (non-hydrogen) atoms. The normalized spacial score (nSPS) is 17.2. The van der Waals surface area contributed by atoms with Crippen LogP contribution in [0.15, 0.2) is 24.3 Å². The quantitative estimate of drug-likeness (QED) is 0.492. The molecule has 1 heterocycles. The minimum Gasteiger partial charge on any atom is -0.755 e. The molecule has 1 atom stereocenters. The molecule has 0 N–H and O–H groups in total. The fraction of sp³-hybridized carbons (Fsp3) is 0.588. The van der Waals surface area contributed by atoms with E-state index in [0.717, 1.165) is 14.8 Å². The number of anilines is 1. The molecule has 0 bridgehead atoms. The summed E-state index contributed by atoms with van der Waals surface area (Å²) in [5.74, 6) is -0.242. The van der Waals surface area contributed by atoms with Crippen molar-refractivity contribution in [2.24, 2.45) is 5.92 Å². The van der Waals surface area contributed by atoms with E-state index < -0.39 is 35.8 Å². The molecule has 13 heteroatoms. The summed E-state index contributed by atoms with van der Waals surface area (Å²) in [6, 6.07) is 6.73. The first-order valence-electron chi connectivity index (χ1n) is 8.81. The number of carbonyl (C=O) groups excluding carboxylic acids is 1. The number of halogens is 6. The smallest absolute Gasteiger partial charge is 0.434 e. The maximum Gasteiger partial charge on any atom is 0.434 e. The Kier molecular flexibility index (Phi) is 7.61. The molecule has 1 unspecified atom stereocenters. The summed E-state index contributed by atoms with van der Waals surface area (Å²) >= 11 is -2.58. The molecule has 1 fully saturated rings. The average molecular weight is 461 g/mol. The second-order valence-electron chi connectivity index (χ2n) is 6.89. The van der Waals surface area contributed by atoms with Gasteiger partial charge in [0.2, 0.25) is 0 Å². The van der Waals surface area contributed by atoms with E-state index in [2.05, 4.69) is 4.74 Å². The van der Waals surface area contributed by atoms with Gasteiger partial charge in [-0.3, -0.25) is 4.21 Å². The van der Waals surface area contributed by atoms with Crippen LogP contribution in [0.1, 0.15) is 18.4 Å². The maximum absolute atomic E-state index is 12.5. The summed E-state index contributed by atoms with van der Waals surface area (Å²) in [6.45, 7) is 1.54. The Hall–Kier alpha value is -2.02. The highest BCUT2D eigenvalue weighted by Gasteiger charge is 2.60. The zero-order valence-electron chi connectivity index (χ0n) is 15.7. The lowest BCUT2D eigenvalue weighted by molar-refractivity contribution is -0.308. The lowest BCUT2D eigenvalue weighted by Gasteiger charge is -2.36. The summed E-state index contributed by atoms with van der Waals surface area (Å²) in [6.07, 6.45) is -17.1. The van der Waals surface area contributed by atoms with Crippen molar-refractivity contribution in [3.8, 4) is 0 Å². The third-order valence-electron chi connectivity index (χ3n) is 4.58. The van der Waals surface area contributed by atoms with Crippen LogP contribution in [0.25, 0.3) is 0 Å².